The van der Waals surface area contributed by atoms with Crippen molar-refractivity contribution in [3.63, 3.8) is 0 Å². The van der Waals surface area contributed by atoms with Crippen LogP contribution in [0.15, 0.2) is 79.3 Å². The largest absolute Gasteiger partial charge is 0.294 e. The monoisotopic (exact) mass is 259 g/mol. The predicted molar refractivity (Wildman–Crippen MR) is 80.6 cm³/mol. The van der Waals surface area contributed by atoms with Crippen LogP contribution in [0.4, 0.5) is 0 Å². The topological polar surface area (TPSA) is 8.29 Å². The van der Waals surface area contributed by atoms with Crippen molar-refractivity contribution in [3.8, 4) is 0 Å². The van der Waals surface area contributed by atoms with Gasteiger partial charge in [-0.3, -0.25) is 0 Å². The molecule has 2 aromatic heterocycles. The van der Waals surface area contributed by atoms with Crippen molar-refractivity contribution in [2.45, 2.75) is 6.54 Å². The van der Waals surface area contributed by atoms with Crippen molar-refractivity contribution in [1.29, 1.82) is 0 Å². The summed E-state index contributed by atoms with van der Waals surface area (Å²) < 4.78 is 4.49. The number of pyridine rings is 1. The van der Waals surface area contributed by atoms with Gasteiger partial charge in [-0.25, -0.2) is 8.97 Å². The highest BCUT2D eigenvalue weighted by molar-refractivity contribution is 5.92. The van der Waals surface area contributed by atoms with Crippen LogP contribution >= 0.6 is 0 Å². The lowest BCUT2D eigenvalue weighted by atomic mass is 10.1. The number of fused-ring (bicyclic) bond motifs is 3. The van der Waals surface area contributed by atoms with E-state index in [9.17, 15) is 0 Å². The van der Waals surface area contributed by atoms with Gasteiger partial charge in [-0.15, -0.1) is 0 Å². The first kappa shape index (κ1) is 11.2. The maximum atomic E-state index is 2.30. The zero-order valence-corrected chi connectivity index (χ0v) is 11.1. The fraction of sp³-hybridized carbons (Fsp3) is 0.0556. The molecule has 2 heterocycles. The second kappa shape index (κ2) is 4.49. The van der Waals surface area contributed by atoms with Gasteiger partial charge < -0.3 is 0 Å². The Kier molecular flexibility index (Phi) is 2.52. The molecule has 2 heteroatoms. The maximum Gasteiger partial charge on any atom is 0.294 e. The zero-order valence-electron chi connectivity index (χ0n) is 11.1. The Hall–Kier alpha value is -2.61. The average Bonchev–Trinajstić information content (AvgIpc) is 2.92. The maximum absolute atomic E-state index is 2.30. The van der Waals surface area contributed by atoms with Gasteiger partial charge in [0.05, 0.1) is 11.6 Å². The molecule has 0 aliphatic heterocycles. The van der Waals surface area contributed by atoms with Crippen molar-refractivity contribution in [3.05, 3.63) is 84.8 Å². The molecule has 0 saturated heterocycles. The van der Waals surface area contributed by atoms with Crippen molar-refractivity contribution in [2.24, 2.45) is 0 Å². The van der Waals surface area contributed by atoms with Crippen LogP contribution < -0.4 is 4.57 Å². The lowest BCUT2D eigenvalue weighted by Gasteiger charge is -2.01. The molecule has 0 spiro atoms. The van der Waals surface area contributed by atoms with Crippen LogP contribution in [0.2, 0.25) is 0 Å². The van der Waals surface area contributed by atoms with Gasteiger partial charge in [-0.05, 0) is 23.1 Å². The first-order valence-corrected chi connectivity index (χ1v) is 6.83. The average molecular weight is 259 g/mol. The van der Waals surface area contributed by atoms with Gasteiger partial charge in [-0.1, -0.05) is 48.5 Å². The number of benzene rings is 2. The standard InChI is InChI=1S/C18H15N2/c1-2-6-15(7-3-1)14-20-13-12-19-11-10-16-8-4-5-9-17(16)18(19)20/h1-13H,14H2/q+1. The lowest BCUT2D eigenvalue weighted by Crippen LogP contribution is -2.32. The Morgan fingerprint density at radius 1 is 0.800 bits per heavy atom. The third kappa shape index (κ3) is 1.77. The van der Waals surface area contributed by atoms with E-state index in [4.69, 9.17) is 0 Å². The second-order valence-corrected chi connectivity index (χ2v) is 5.05. The number of hydrogen-bond donors (Lipinski definition) is 0. The molecule has 0 aliphatic rings. The normalized spacial score (nSPS) is 11.2. The van der Waals surface area contributed by atoms with Crippen LogP contribution in [0.5, 0.6) is 0 Å². The van der Waals surface area contributed by atoms with Crippen LogP contribution in [0, 0.1) is 0 Å². The molecule has 4 rings (SSSR count). The number of rotatable bonds is 2. The predicted octanol–water partition coefficient (Wildman–Crippen LogP) is 3.43. The fourth-order valence-corrected chi connectivity index (χ4v) is 2.77. The summed E-state index contributed by atoms with van der Waals surface area (Å²) in [6, 6.07) is 21.3. The van der Waals surface area contributed by atoms with Crippen molar-refractivity contribution < 1.29 is 4.57 Å². The molecule has 96 valence electrons. The van der Waals surface area contributed by atoms with Crippen LogP contribution in [0.1, 0.15) is 5.56 Å². The lowest BCUT2D eigenvalue weighted by molar-refractivity contribution is -0.661. The van der Waals surface area contributed by atoms with E-state index in [1.807, 2.05) is 0 Å². The van der Waals surface area contributed by atoms with Crippen molar-refractivity contribution in [2.75, 3.05) is 0 Å². The molecule has 0 aliphatic carbocycles. The van der Waals surface area contributed by atoms with Crippen LogP contribution in [-0.4, -0.2) is 4.40 Å². The summed E-state index contributed by atoms with van der Waals surface area (Å²) in [5, 5.41) is 2.57. The molecule has 0 radical (unpaired) electrons. The van der Waals surface area contributed by atoms with E-state index < -0.39 is 0 Å². The van der Waals surface area contributed by atoms with Crippen LogP contribution in [-0.2, 0) is 6.54 Å². The summed E-state index contributed by atoms with van der Waals surface area (Å²) in [6.45, 7) is 0.894. The van der Waals surface area contributed by atoms with Gasteiger partial charge in [0.2, 0.25) is 0 Å². The van der Waals surface area contributed by atoms with E-state index in [2.05, 4.69) is 88.2 Å². The van der Waals surface area contributed by atoms with Gasteiger partial charge in [-0.2, -0.15) is 0 Å². The summed E-state index contributed by atoms with van der Waals surface area (Å²) >= 11 is 0. The van der Waals surface area contributed by atoms with Crippen LogP contribution in [0.3, 0.4) is 0 Å². The second-order valence-electron chi connectivity index (χ2n) is 5.05. The van der Waals surface area contributed by atoms with Crippen molar-refractivity contribution >= 4 is 16.4 Å². The third-order valence-corrected chi connectivity index (χ3v) is 3.74. The van der Waals surface area contributed by atoms with Gasteiger partial charge in [0, 0.05) is 0 Å². The molecule has 2 nitrogen and oxygen atoms in total. The van der Waals surface area contributed by atoms with Gasteiger partial charge in [0.25, 0.3) is 5.65 Å². The van der Waals surface area contributed by atoms with E-state index in [0.29, 0.717) is 0 Å². The number of aromatic nitrogens is 2. The summed E-state index contributed by atoms with van der Waals surface area (Å²) in [5.74, 6) is 0. The molecule has 0 saturated carbocycles. The molecule has 0 unspecified atom stereocenters. The Balaban J connectivity index is 1.94. The van der Waals surface area contributed by atoms with E-state index in [-0.39, 0.29) is 0 Å². The smallest absolute Gasteiger partial charge is 0.225 e. The molecular formula is C18H15N2+. The third-order valence-electron chi connectivity index (χ3n) is 3.74. The molecule has 0 atom stereocenters. The van der Waals surface area contributed by atoms with Gasteiger partial charge in [0.1, 0.15) is 18.9 Å². The molecule has 4 aromatic rings. The summed E-state index contributed by atoms with van der Waals surface area (Å²) in [6.07, 6.45) is 6.39. The van der Waals surface area contributed by atoms with E-state index in [0.717, 1.165) is 6.54 Å². The quantitative estimate of drug-likeness (QED) is 0.487. The Labute approximate surface area is 117 Å². The van der Waals surface area contributed by atoms with Gasteiger partial charge >= 0.3 is 0 Å². The first-order valence-electron chi connectivity index (χ1n) is 6.83. The minimum Gasteiger partial charge on any atom is -0.225 e. The van der Waals surface area contributed by atoms with Crippen molar-refractivity contribution in [1.82, 2.24) is 4.40 Å². The Morgan fingerprint density at radius 3 is 2.50 bits per heavy atom. The van der Waals surface area contributed by atoms with Gasteiger partial charge in [0.15, 0.2) is 0 Å². The minimum absolute atomic E-state index is 0.894. The number of hydrogen-bond acceptors (Lipinski definition) is 0. The molecule has 2 aromatic carbocycles. The van der Waals surface area contributed by atoms with E-state index in [1.54, 1.807) is 0 Å². The fourth-order valence-electron chi connectivity index (χ4n) is 2.77. The molecule has 20 heavy (non-hydrogen) atoms. The Morgan fingerprint density at radius 2 is 1.60 bits per heavy atom. The molecule has 0 amide bonds. The van der Waals surface area contributed by atoms with E-state index >= 15 is 0 Å². The molecular weight excluding hydrogens is 244 g/mol. The van der Waals surface area contributed by atoms with Crippen LogP contribution in [0.25, 0.3) is 16.4 Å². The molecule has 0 fully saturated rings. The summed E-state index contributed by atoms with van der Waals surface area (Å²) in [7, 11) is 0. The van der Waals surface area contributed by atoms with E-state index in [1.165, 1.54) is 22.0 Å². The summed E-state index contributed by atoms with van der Waals surface area (Å²) in [5.41, 5.74) is 2.56. The minimum atomic E-state index is 0.894. The molecule has 0 bridgehead atoms. The number of imidazole rings is 1. The highest BCUT2D eigenvalue weighted by Gasteiger charge is 2.13. The molecule has 0 N–H and O–H groups in total. The SMILES string of the molecule is c1ccc(C[n+]2ccn3ccc4ccccc4c32)cc1. The summed E-state index contributed by atoms with van der Waals surface area (Å²) in [4.78, 5) is 0. The first-order chi connectivity index (χ1) is 9.92. The Bertz CT molecular complexity index is 876. The zero-order chi connectivity index (χ0) is 13.4. The highest BCUT2D eigenvalue weighted by Crippen LogP contribution is 2.17. The highest BCUT2D eigenvalue weighted by atomic mass is 15.1. The number of nitrogens with zero attached hydrogens (tertiary/aromatic N) is 2.